The van der Waals surface area contributed by atoms with Crippen LogP contribution in [0.2, 0.25) is 0 Å². The second-order valence-corrected chi connectivity index (χ2v) is 6.54. The van der Waals surface area contributed by atoms with Crippen molar-refractivity contribution in [1.29, 1.82) is 0 Å². The van der Waals surface area contributed by atoms with E-state index in [1.54, 1.807) is 0 Å². The summed E-state index contributed by atoms with van der Waals surface area (Å²) in [5, 5.41) is 10.2. The van der Waals surface area contributed by atoms with Crippen LogP contribution in [0.5, 0.6) is 0 Å². The minimum atomic E-state index is -5.18. The second-order valence-electron chi connectivity index (χ2n) is 6.54. The molecule has 1 rings (SSSR count). The number of Topliss-reactive ketones (excluding diaryl/α,β-unsaturated/α-hetero) is 1. The molecule has 1 N–H and O–H groups in total. The summed E-state index contributed by atoms with van der Waals surface area (Å²) < 4.78 is 49.6. The monoisotopic (exact) mass is 380 g/mol. The Kier molecular flexibility index (Phi) is 8.12. The first-order valence-corrected chi connectivity index (χ1v) is 8.81. The van der Waals surface area contributed by atoms with Crippen LogP contribution in [0.1, 0.15) is 58.3 Å². The first kappa shape index (κ1) is 22.5. The van der Waals surface area contributed by atoms with E-state index in [2.05, 4.69) is 11.7 Å². The largest absolute Gasteiger partial charge is 0.501 e. The fraction of sp³-hybridized carbons (Fsp3) is 0.778. The lowest BCUT2D eigenvalue weighted by Crippen LogP contribution is -2.59. The lowest BCUT2D eigenvalue weighted by atomic mass is 9.72. The average molecular weight is 380 g/mol. The molecule has 1 aliphatic carbocycles. The van der Waals surface area contributed by atoms with Gasteiger partial charge in [-0.15, -0.1) is 0 Å². The van der Waals surface area contributed by atoms with Gasteiger partial charge in [0.25, 0.3) is 0 Å². The summed E-state index contributed by atoms with van der Waals surface area (Å²) in [7, 11) is 2.04. The number of hydrogen-bond donors (Lipinski definition) is 1. The molecule has 0 bridgehead atoms. The zero-order valence-electron chi connectivity index (χ0n) is 15.4. The molecule has 2 unspecified atom stereocenters. The molecule has 1 aliphatic rings. The summed E-state index contributed by atoms with van der Waals surface area (Å²) in [6.07, 6.45) is -0.335. The van der Waals surface area contributed by atoms with Gasteiger partial charge in [0, 0.05) is 12.0 Å². The van der Waals surface area contributed by atoms with Crippen molar-refractivity contribution in [3.63, 3.8) is 0 Å². The number of methoxy groups -OCH3 is 2. The van der Waals surface area contributed by atoms with Crippen LogP contribution < -0.4 is 0 Å². The molecule has 0 aromatic heterocycles. The van der Waals surface area contributed by atoms with Crippen molar-refractivity contribution in [2.45, 2.75) is 70.1 Å². The first-order valence-electron chi connectivity index (χ1n) is 8.81. The minimum absolute atomic E-state index is 0.0346. The number of unbranched alkanes of at least 4 members (excludes halogenated alkanes) is 5. The number of halogens is 3. The van der Waals surface area contributed by atoms with E-state index in [9.17, 15) is 27.9 Å². The molecule has 0 saturated heterocycles. The number of ether oxygens (including phenoxy) is 2. The summed E-state index contributed by atoms with van der Waals surface area (Å²) in [6.45, 7) is 2.09. The maximum atomic E-state index is 13.4. The quantitative estimate of drug-likeness (QED) is 0.375. The molecular weight excluding hydrogens is 353 g/mol. The Morgan fingerprint density at radius 3 is 2.27 bits per heavy atom. The van der Waals surface area contributed by atoms with E-state index in [-0.39, 0.29) is 17.8 Å². The Hall–Kier alpha value is -1.57. The third-order valence-electron chi connectivity index (χ3n) is 4.76. The smallest absolute Gasteiger partial charge is 0.418 e. The highest BCUT2D eigenvalue weighted by Gasteiger charge is 2.66. The van der Waals surface area contributed by atoms with Crippen LogP contribution in [0.25, 0.3) is 0 Å². The van der Waals surface area contributed by atoms with Gasteiger partial charge in [-0.1, -0.05) is 39.0 Å². The van der Waals surface area contributed by atoms with E-state index >= 15 is 0 Å². The van der Waals surface area contributed by atoms with Crippen molar-refractivity contribution in [2.24, 2.45) is 5.92 Å². The van der Waals surface area contributed by atoms with Gasteiger partial charge in [-0.25, -0.2) is 0 Å². The maximum absolute atomic E-state index is 13.4. The van der Waals surface area contributed by atoms with Gasteiger partial charge < -0.3 is 14.6 Å². The first-order chi connectivity index (χ1) is 12.1. The van der Waals surface area contributed by atoms with E-state index in [1.165, 1.54) is 0 Å². The van der Waals surface area contributed by atoms with E-state index in [0.29, 0.717) is 6.42 Å². The van der Waals surface area contributed by atoms with Gasteiger partial charge in [-0.2, -0.15) is 13.2 Å². The van der Waals surface area contributed by atoms with Gasteiger partial charge in [0.05, 0.1) is 14.2 Å². The van der Waals surface area contributed by atoms with Crippen molar-refractivity contribution in [2.75, 3.05) is 14.2 Å². The Morgan fingerprint density at radius 1 is 1.19 bits per heavy atom. The predicted molar refractivity (Wildman–Crippen MR) is 88.2 cm³/mol. The topological polar surface area (TPSA) is 72.8 Å². The molecule has 0 saturated carbocycles. The number of carbonyl (C=O) groups is 2. The average Bonchev–Trinajstić information content (AvgIpc) is 2.57. The lowest BCUT2D eigenvalue weighted by Gasteiger charge is -2.39. The van der Waals surface area contributed by atoms with Crippen LogP contribution in [-0.2, 0) is 19.1 Å². The summed E-state index contributed by atoms with van der Waals surface area (Å²) in [5.41, 5.74) is -3.50. The van der Waals surface area contributed by atoms with Gasteiger partial charge in [0.2, 0.25) is 0 Å². The van der Waals surface area contributed by atoms with Crippen LogP contribution in [0, 0.1) is 5.92 Å². The predicted octanol–water partition coefficient (Wildman–Crippen LogP) is 3.69. The minimum Gasteiger partial charge on any atom is -0.501 e. The number of carbonyl (C=O) groups excluding carboxylic acids is 2. The Labute approximate surface area is 151 Å². The molecule has 0 heterocycles. The SMILES string of the molecule is CCCCCCCCC1=C(OC)CC(O)(C(F)(F)F)C(C(=O)OC)C1=O. The van der Waals surface area contributed by atoms with Crippen LogP contribution in [0.3, 0.4) is 0 Å². The molecule has 0 aromatic carbocycles. The fourth-order valence-corrected chi connectivity index (χ4v) is 3.21. The molecular formula is C18H27F3O5. The molecule has 0 aromatic rings. The zero-order chi connectivity index (χ0) is 20.0. The molecule has 0 amide bonds. The van der Waals surface area contributed by atoms with E-state index < -0.39 is 35.9 Å². The molecule has 0 aliphatic heterocycles. The molecule has 0 fully saturated rings. The standard InChI is InChI=1S/C18H27F3O5/c1-4-5-6-7-8-9-10-12-13(25-2)11-17(24,18(19,20)21)14(15(12)22)16(23)26-3/h14,24H,4-11H2,1-3H3. The molecule has 0 radical (unpaired) electrons. The van der Waals surface area contributed by atoms with Gasteiger partial charge in [0.1, 0.15) is 5.76 Å². The number of ketones is 1. The zero-order valence-corrected chi connectivity index (χ0v) is 15.4. The molecule has 26 heavy (non-hydrogen) atoms. The van der Waals surface area contributed by atoms with Crippen LogP contribution in [0.15, 0.2) is 11.3 Å². The summed E-state index contributed by atoms with van der Waals surface area (Å²) >= 11 is 0. The Bertz CT molecular complexity index is 541. The Balaban J connectivity index is 3.05. The van der Waals surface area contributed by atoms with Gasteiger partial charge in [0.15, 0.2) is 17.3 Å². The summed E-state index contributed by atoms with van der Waals surface area (Å²) in [5.74, 6) is -5.02. The third kappa shape index (κ3) is 4.78. The van der Waals surface area contributed by atoms with Gasteiger partial charge in [-0.05, 0) is 12.8 Å². The Morgan fingerprint density at radius 2 is 1.77 bits per heavy atom. The van der Waals surface area contributed by atoms with Crippen molar-refractivity contribution < 1.29 is 37.3 Å². The van der Waals surface area contributed by atoms with E-state index in [0.717, 1.165) is 46.3 Å². The molecule has 8 heteroatoms. The molecule has 2 atom stereocenters. The van der Waals surface area contributed by atoms with Crippen LogP contribution >= 0.6 is 0 Å². The number of hydrogen-bond acceptors (Lipinski definition) is 5. The van der Waals surface area contributed by atoms with Crippen molar-refractivity contribution in [1.82, 2.24) is 0 Å². The highest BCUT2D eigenvalue weighted by molar-refractivity contribution is 6.10. The van der Waals surface area contributed by atoms with Crippen LogP contribution in [-0.4, -0.2) is 42.9 Å². The van der Waals surface area contributed by atoms with E-state index in [4.69, 9.17) is 4.74 Å². The van der Waals surface area contributed by atoms with Gasteiger partial charge in [-0.3, -0.25) is 9.59 Å². The second kappa shape index (κ2) is 9.39. The fourth-order valence-electron chi connectivity index (χ4n) is 3.21. The summed E-state index contributed by atoms with van der Waals surface area (Å²) in [6, 6.07) is 0. The lowest BCUT2D eigenvalue weighted by molar-refractivity contribution is -0.278. The number of allylic oxidation sites excluding steroid dienone is 1. The van der Waals surface area contributed by atoms with Crippen LogP contribution in [0.4, 0.5) is 13.2 Å². The number of rotatable bonds is 9. The number of aliphatic hydroxyl groups is 1. The number of alkyl halides is 3. The normalized spacial score (nSPS) is 24.0. The highest BCUT2D eigenvalue weighted by Crippen LogP contribution is 2.47. The summed E-state index contributed by atoms with van der Waals surface area (Å²) in [4.78, 5) is 24.5. The van der Waals surface area contributed by atoms with Crippen molar-refractivity contribution in [3.05, 3.63) is 11.3 Å². The van der Waals surface area contributed by atoms with Crippen molar-refractivity contribution in [3.8, 4) is 0 Å². The molecule has 150 valence electrons. The maximum Gasteiger partial charge on any atom is 0.418 e. The van der Waals surface area contributed by atoms with Gasteiger partial charge >= 0.3 is 12.1 Å². The number of esters is 1. The molecule has 0 spiro atoms. The van der Waals surface area contributed by atoms with E-state index in [1.807, 2.05) is 0 Å². The highest BCUT2D eigenvalue weighted by atomic mass is 19.4. The third-order valence-corrected chi connectivity index (χ3v) is 4.76. The molecule has 5 nitrogen and oxygen atoms in total. The van der Waals surface area contributed by atoms with Crippen molar-refractivity contribution >= 4 is 11.8 Å².